The Balaban J connectivity index is 0.00000400. The summed E-state index contributed by atoms with van der Waals surface area (Å²) in [6.45, 7) is 12.2. The molecule has 1 aromatic heterocycles. The van der Waals surface area contributed by atoms with Crippen LogP contribution in [0, 0.1) is 12.8 Å². The van der Waals surface area contributed by atoms with E-state index in [1.807, 2.05) is 19.1 Å². The maximum absolute atomic E-state index is 13.8. The molecule has 1 saturated heterocycles. The lowest BCUT2D eigenvalue weighted by atomic mass is 10.0. The Morgan fingerprint density at radius 2 is 1.84 bits per heavy atom. The molecule has 11 heteroatoms. The van der Waals surface area contributed by atoms with Crippen LogP contribution in [0.2, 0.25) is 5.02 Å². The number of aryl methyl sites for hydroxylation is 1. The average molecular weight is 600 g/mol. The molecule has 0 saturated carbocycles. The van der Waals surface area contributed by atoms with Crippen molar-refractivity contribution in [3.63, 3.8) is 0 Å². The number of hydrogen-bond donors (Lipinski definition) is 0. The van der Waals surface area contributed by atoms with Crippen molar-refractivity contribution in [2.45, 2.75) is 45.4 Å². The molecule has 1 aliphatic rings. The number of anilines is 1. The van der Waals surface area contributed by atoms with E-state index in [0.717, 1.165) is 41.7 Å². The van der Waals surface area contributed by atoms with Crippen LogP contribution < -0.4 is 4.90 Å². The second-order valence-electron chi connectivity index (χ2n) is 9.68. The molecule has 208 valence electrons. The number of benzene rings is 2. The molecule has 1 fully saturated rings. The first kappa shape index (κ1) is 30.8. The highest BCUT2D eigenvalue weighted by molar-refractivity contribution is 7.89. The minimum absolute atomic E-state index is 0. The zero-order valence-electron chi connectivity index (χ0n) is 22.3. The van der Waals surface area contributed by atoms with Gasteiger partial charge in [0.05, 0.1) is 15.1 Å². The van der Waals surface area contributed by atoms with Crippen molar-refractivity contribution in [1.82, 2.24) is 14.2 Å². The molecular weight excluding hydrogens is 563 g/mol. The molecule has 1 amide bonds. The quantitative estimate of drug-likeness (QED) is 0.298. The van der Waals surface area contributed by atoms with Gasteiger partial charge >= 0.3 is 0 Å². The van der Waals surface area contributed by atoms with Gasteiger partial charge in [-0.05, 0) is 80.7 Å². The zero-order valence-corrected chi connectivity index (χ0v) is 25.5. The summed E-state index contributed by atoms with van der Waals surface area (Å²) in [4.78, 5) is 22.7. The summed E-state index contributed by atoms with van der Waals surface area (Å²) in [5.74, 6) is 0.140. The number of likely N-dealkylation sites (N-methyl/N-ethyl adjacent to an activating group) is 1. The number of nitrogens with zero attached hydrogens (tertiary/aromatic N) is 4. The molecule has 2 aromatic carbocycles. The molecule has 0 N–H and O–H groups in total. The van der Waals surface area contributed by atoms with Crippen LogP contribution in [0.4, 0.5) is 5.13 Å². The van der Waals surface area contributed by atoms with Crippen molar-refractivity contribution >= 4 is 66.6 Å². The lowest BCUT2D eigenvalue weighted by molar-refractivity contribution is 0.0983. The number of hydrogen-bond acceptors (Lipinski definition) is 6. The van der Waals surface area contributed by atoms with Gasteiger partial charge in [0.2, 0.25) is 10.0 Å². The number of thiazole rings is 1. The van der Waals surface area contributed by atoms with Crippen LogP contribution in [0.15, 0.2) is 41.3 Å². The molecule has 0 spiro atoms. The van der Waals surface area contributed by atoms with E-state index in [1.165, 1.54) is 11.3 Å². The Morgan fingerprint density at radius 1 is 1.16 bits per heavy atom. The normalized spacial score (nSPS) is 16.5. The van der Waals surface area contributed by atoms with Crippen LogP contribution in [0.25, 0.3) is 10.2 Å². The molecular formula is C27H36Cl2N4O3S2. The van der Waals surface area contributed by atoms with E-state index in [2.05, 4.69) is 25.7 Å². The number of fused-ring (bicyclic) bond motifs is 1. The number of carbonyl (C=O) groups is 1. The van der Waals surface area contributed by atoms with E-state index in [0.29, 0.717) is 47.8 Å². The number of sulfonamides is 1. The number of amides is 1. The minimum atomic E-state index is -3.59. The molecule has 1 unspecified atom stereocenters. The number of piperidine rings is 1. The summed E-state index contributed by atoms with van der Waals surface area (Å²) in [5.41, 5.74) is 2.23. The highest BCUT2D eigenvalue weighted by Gasteiger charge is 2.29. The molecule has 0 radical (unpaired) electrons. The van der Waals surface area contributed by atoms with Gasteiger partial charge in [-0.1, -0.05) is 43.7 Å². The van der Waals surface area contributed by atoms with E-state index in [1.54, 1.807) is 33.5 Å². The van der Waals surface area contributed by atoms with E-state index >= 15 is 0 Å². The smallest absolute Gasteiger partial charge is 0.260 e. The van der Waals surface area contributed by atoms with E-state index < -0.39 is 10.0 Å². The standard InChI is InChI=1S/C27H35ClN4O3S2.ClH/c1-5-30(6-2)14-15-32(27-29-25-20(4)16-22(28)17-24(25)36-27)26(33)21-9-11-23(12-10-21)37(34,35)31-13-7-8-19(3)18-31;/h9-12,16-17,19H,5-8,13-15,18H2,1-4H3;1H. The van der Waals surface area contributed by atoms with Crippen molar-refractivity contribution in [3.8, 4) is 0 Å². The molecule has 1 atom stereocenters. The third-order valence-corrected chi connectivity index (χ3v) is 10.1. The van der Waals surface area contributed by atoms with Crippen LogP contribution in [0.3, 0.4) is 0 Å². The van der Waals surface area contributed by atoms with Crippen molar-refractivity contribution in [2.24, 2.45) is 5.92 Å². The first-order valence-electron chi connectivity index (χ1n) is 12.8. The van der Waals surface area contributed by atoms with Gasteiger partial charge < -0.3 is 4.90 Å². The van der Waals surface area contributed by atoms with Crippen molar-refractivity contribution in [3.05, 3.63) is 52.5 Å². The molecule has 4 rings (SSSR count). The van der Waals surface area contributed by atoms with Gasteiger partial charge in [-0.3, -0.25) is 9.69 Å². The fourth-order valence-electron chi connectivity index (χ4n) is 4.76. The summed E-state index contributed by atoms with van der Waals surface area (Å²) in [7, 11) is -3.59. The van der Waals surface area contributed by atoms with Gasteiger partial charge in [0.1, 0.15) is 0 Å². The Hall–Kier alpha value is -1.75. The first-order chi connectivity index (χ1) is 17.6. The molecule has 0 aliphatic carbocycles. The topological polar surface area (TPSA) is 73.8 Å². The van der Waals surface area contributed by atoms with Crippen LogP contribution in [0.1, 0.15) is 49.5 Å². The second-order valence-corrected chi connectivity index (χ2v) is 13.1. The Bertz CT molecular complexity index is 1360. The molecule has 38 heavy (non-hydrogen) atoms. The Labute approximate surface area is 241 Å². The first-order valence-corrected chi connectivity index (χ1v) is 15.5. The van der Waals surface area contributed by atoms with E-state index in [-0.39, 0.29) is 23.2 Å². The second kappa shape index (κ2) is 13.1. The highest BCUT2D eigenvalue weighted by Crippen LogP contribution is 2.34. The predicted molar refractivity (Wildman–Crippen MR) is 160 cm³/mol. The summed E-state index contributed by atoms with van der Waals surface area (Å²) < 4.78 is 28.8. The van der Waals surface area contributed by atoms with Gasteiger partial charge in [-0.15, -0.1) is 12.4 Å². The number of rotatable bonds is 9. The fourth-order valence-corrected chi connectivity index (χ4v) is 7.81. The molecule has 1 aliphatic heterocycles. The van der Waals surface area contributed by atoms with Gasteiger partial charge in [0.15, 0.2) is 5.13 Å². The van der Waals surface area contributed by atoms with Crippen molar-refractivity contribution < 1.29 is 13.2 Å². The highest BCUT2D eigenvalue weighted by atomic mass is 35.5. The molecule has 0 bridgehead atoms. The number of aromatic nitrogens is 1. The maximum Gasteiger partial charge on any atom is 0.260 e. The van der Waals surface area contributed by atoms with Crippen LogP contribution in [-0.2, 0) is 10.0 Å². The monoisotopic (exact) mass is 598 g/mol. The third kappa shape index (κ3) is 6.69. The molecule has 7 nitrogen and oxygen atoms in total. The number of halogens is 2. The largest absolute Gasteiger partial charge is 0.302 e. The van der Waals surface area contributed by atoms with Crippen LogP contribution in [-0.4, -0.2) is 67.8 Å². The van der Waals surface area contributed by atoms with Crippen LogP contribution >= 0.6 is 35.3 Å². The van der Waals surface area contributed by atoms with Crippen LogP contribution in [0.5, 0.6) is 0 Å². The van der Waals surface area contributed by atoms with Gasteiger partial charge in [-0.2, -0.15) is 4.31 Å². The third-order valence-electron chi connectivity index (χ3n) is 7.01. The zero-order chi connectivity index (χ0) is 26.7. The predicted octanol–water partition coefficient (Wildman–Crippen LogP) is 6.09. The van der Waals surface area contributed by atoms with Gasteiger partial charge in [0, 0.05) is 36.8 Å². The Kier molecular flexibility index (Phi) is 10.6. The average Bonchev–Trinajstić information content (AvgIpc) is 3.30. The molecule has 2 heterocycles. The lowest BCUT2D eigenvalue weighted by Crippen LogP contribution is -2.39. The van der Waals surface area contributed by atoms with Gasteiger partial charge in [0.25, 0.3) is 5.91 Å². The van der Waals surface area contributed by atoms with Crippen molar-refractivity contribution in [1.29, 1.82) is 0 Å². The van der Waals surface area contributed by atoms with E-state index in [9.17, 15) is 13.2 Å². The summed E-state index contributed by atoms with van der Waals surface area (Å²) in [6, 6.07) is 10.1. The van der Waals surface area contributed by atoms with Crippen molar-refractivity contribution in [2.75, 3.05) is 44.2 Å². The summed E-state index contributed by atoms with van der Waals surface area (Å²) in [5, 5.41) is 1.25. The van der Waals surface area contributed by atoms with Gasteiger partial charge in [-0.25, -0.2) is 13.4 Å². The summed E-state index contributed by atoms with van der Waals surface area (Å²) in [6.07, 6.45) is 1.91. The summed E-state index contributed by atoms with van der Waals surface area (Å²) >= 11 is 7.70. The number of carbonyl (C=O) groups excluding carboxylic acids is 1. The lowest BCUT2D eigenvalue weighted by Gasteiger charge is -2.30. The fraction of sp³-hybridized carbons (Fsp3) is 0.481. The molecule has 3 aromatic rings. The minimum Gasteiger partial charge on any atom is -0.302 e. The SMILES string of the molecule is CCN(CC)CCN(C(=O)c1ccc(S(=O)(=O)N2CCCC(C)C2)cc1)c1nc2c(C)cc(Cl)cc2s1.Cl. The maximum atomic E-state index is 13.8. The Morgan fingerprint density at radius 3 is 2.47 bits per heavy atom. The van der Waals surface area contributed by atoms with E-state index in [4.69, 9.17) is 16.6 Å².